The van der Waals surface area contributed by atoms with Crippen molar-refractivity contribution < 1.29 is 13.9 Å². The zero-order chi connectivity index (χ0) is 19.5. The number of thioether (sulfide) groups is 1. The van der Waals surface area contributed by atoms with Crippen LogP contribution in [0.1, 0.15) is 0 Å². The van der Waals surface area contributed by atoms with Gasteiger partial charge in [-0.3, -0.25) is 4.79 Å². The second-order valence-corrected chi connectivity index (χ2v) is 8.27. The largest absolute Gasteiger partial charge is 0.484 e. The lowest BCUT2D eigenvalue weighted by molar-refractivity contribution is -0.133. The number of benzene rings is 2. The first-order chi connectivity index (χ1) is 13.6. The lowest BCUT2D eigenvalue weighted by atomic mass is 10.3. The Kier molecular flexibility index (Phi) is 5.68. The fraction of sp³-hybridized carbons (Fsp3) is 0.300. The first-order valence-corrected chi connectivity index (χ1v) is 11.0. The first-order valence-electron chi connectivity index (χ1n) is 8.98. The quantitative estimate of drug-likeness (QED) is 0.590. The predicted molar refractivity (Wildman–Crippen MR) is 112 cm³/mol. The highest BCUT2D eigenvalue weighted by Crippen LogP contribution is 2.34. The van der Waals surface area contributed by atoms with E-state index in [-0.39, 0.29) is 18.3 Å². The summed E-state index contributed by atoms with van der Waals surface area (Å²) in [4.78, 5) is 22.5. The van der Waals surface area contributed by atoms with Crippen molar-refractivity contribution >= 4 is 44.4 Å². The first kappa shape index (κ1) is 19.0. The third-order valence-corrected chi connectivity index (χ3v) is 6.52. The van der Waals surface area contributed by atoms with Crippen molar-refractivity contribution in [3.8, 4) is 5.75 Å². The van der Waals surface area contributed by atoms with E-state index in [1.807, 2.05) is 0 Å². The Morgan fingerprint density at radius 3 is 2.64 bits per heavy atom. The number of ether oxygens (including phenoxy) is 1. The number of hydrogen-bond donors (Lipinski definition) is 0. The Morgan fingerprint density at radius 2 is 1.93 bits per heavy atom. The molecular weight excluding hydrogens is 397 g/mol. The molecule has 0 spiro atoms. The number of anilines is 1. The molecule has 1 amide bonds. The van der Waals surface area contributed by atoms with Gasteiger partial charge in [-0.2, -0.15) is 0 Å². The molecule has 0 N–H and O–H groups in total. The molecule has 8 heteroatoms. The molecule has 1 aliphatic rings. The van der Waals surface area contributed by atoms with E-state index >= 15 is 0 Å². The molecule has 1 saturated heterocycles. The number of nitrogens with zero attached hydrogens (tertiary/aromatic N) is 3. The van der Waals surface area contributed by atoms with Gasteiger partial charge in [0.2, 0.25) is 0 Å². The van der Waals surface area contributed by atoms with E-state index < -0.39 is 0 Å². The van der Waals surface area contributed by atoms with E-state index in [1.54, 1.807) is 28.0 Å². The predicted octanol–water partition coefficient (Wildman–Crippen LogP) is 3.88. The normalized spacial score (nSPS) is 14.5. The molecule has 5 nitrogen and oxygen atoms in total. The third kappa shape index (κ3) is 4.07. The summed E-state index contributed by atoms with van der Waals surface area (Å²) in [6.45, 7) is 2.73. The number of carbonyl (C=O) groups excluding carboxylic acids is 1. The van der Waals surface area contributed by atoms with Crippen molar-refractivity contribution in [1.29, 1.82) is 0 Å². The number of thiazole rings is 1. The summed E-state index contributed by atoms with van der Waals surface area (Å²) in [6.07, 6.45) is 2.06. The number of rotatable bonds is 5. The van der Waals surface area contributed by atoms with Gasteiger partial charge in [0.25, 0.3) is 5.91 Å². The van der Waals surface area contributed by atoms with E-state index in [0.29, 0.717) is 18.8 Å². The maximum atomic E-state index is 12.9. The molecule has 2 heterocycles. The van der Waals surface area contributed by atoms with Crippen molar-refractivity contribution in [3.05, 3.63) is 48.3 Å². The number of amides is 1. The molecule has 0 radical (unpaired) electrons. The van der Waals surface area contributed by atoms with Crippen LogP contribution in [0.15, 0.2) is 47.4 Å². The van der Waals surface area contributed by atoms with Crippen LogP contribution in [-0.2, 0) is 4.79 Å². The van der Waals surface area contributed by atoms with Crippen LogP contribution in [0.3, 0.4) is 0 Å². The minimum atomic E-state index is -0.325. The summed E-state index contributed by atoms with van der Waals surface area (Å²) in [7, 11) is 0. The standard InChI is InChI=1S/C20H20FN3O2S2/c1-27-16-3-2-4-17-19(16)22-20(28-17)24-11-9-23(10-12-24)18(25)13-26-15-7-5-14(21)6-8-15/h2-8H,9-13H2,1H3. The minimum Gasteiger partial charge on any atom is -0.484 e. The molecule has 3 aromatic rings. The van der Waals surface area contributed by atoms with Crippen LogP contribution in [0.2, 0.25) is 0 Å². The molecule has 0 aliphatic carbocycles. The topological polar surface area (TPSA) is 45.7 Å². The molecule has 146 valence electrons. The zero-order valence-corrected chi connectivity index (χ0v) is 17.1. The Hall–Kier alpha value is -2.32. The Balaban J connectivity index is 1.34. The molecule has 4 rings (SSSR count). The van der Waals surface area contributed by atoms with Crippen LogP contribution in [0.4, 0.5) is 9.52 Å². The molecule has 0 saturated carbocycles. The lowest BCUT2D eigenvalue weighted by Crippen LogP contribution is -2.50. The molecular formula is C20H20FN3O2S2. The van der Waals surface area contributed by atoms with Gasteiger partial charge in [-0.1, -0.05) is 17.4 Å². The van der Waals surface area contributed by atoms with Crippen molar-refractivity contribution in [2.75, 3.05) is 43.9 Å². The van der Waals surface area contributed by atoms with E-state index in [1.165, 1.54) is 33.9 Å². The van der Waals surface area contributed by atoms with Crippen LogP contribution < -0.4 is 9.64 Å². The van der Waals surface area contributed by atoms with Crippen LogP contribution >= 0.6 is 23.1 Å². The lowest BCUT2D eigenvalue weighted by Gasteiger charge is -2.34. The number of halogens is 1. The molecule has 0 unspecified atom stereocenters. The monoisotopic (exact) mass is 417 g/mol. The number of para-hydroxylation sites is 1. The summed E-state index contributed by atoms with van der Waals surface area (Å²) in [5, 5.41) is 1.01. The third-order valence-electron chi connectivity index (χ3n) is 4.67. The van der Waals surface area contributed by atoms with Crippen LogP contribution in [0.25, 0.3) is 10.2 Å². The number of hydrogen-bond acceptors (Lipinski definition) is 6. The van der Waals surface area contributed by atoms with Gasteiger partial charge >= 0.3 is 0 Å². The number of aromatic nitrogens is 1. The molecule has 1 aromatic heterocycles. The molecule has 2 aromatic carbocycles. The summed E-state index contributed by atoms with van der Waals surface area (Å²) >= 11 is 3.40. The van der Waals surface area contributed by atoms with Crippen molar-refractivity contribution in [3.63, 3.8) is 0 Å². The zero-order valence-electron chi connectivity index (χ0n) is 15.4. The number of piperazine rings is 1. The average Bonchev–Trinajstić information content (AvgIpc) is 3.17. The van der Waals surface area contributed by atoms with Gasteiger partial charge in [0.15, 0.2) is 11.7 Å². The average molecular weight is 418 g/mol. The smallest absolute Gasteiger partial charge is 0.260 e. The van der Waals surface area contributed by atoms with E-state index in [0.717, 1.165) is 23.7 Å². The number of fused-ring (bicyclic) bond motifs is 1. The fourth-order valence-corrected chi connectivity index (χ4v) is 4.80. The van der Waals surface area contributed by atoms with Gasteiger partial charge < -0.3 is 14.5 Å². The maximum Gasteiger partial charge on any atom is 0.260 e. The van der Waals surface area contributed by atoms with Crippen LogP contribution in [-0.4, -0.2) is 54.8 Å². The highest BCUT2D eigenvalue weighted by atomic mass is 32.2. The summed E-state index contributed by atoms with van der Waals surface area (Å²) in [5.41, 5.74) is 1.06. The minimum absolute atomic E-state index is 0.0378. The van der Waals surface area contributed by atoms with Gasteiger partial charge in [0.1, 0.15) is 11.6 Å². The fourth-order valence-electron chi connectivity index (χ4n) is 3.13. The highest BCUT2D eigenvalue weighted by molar-refractivity contribution is 7.98. The summed E-state index contributed by atoms with van der Waals surface area (Å²) < 4.78 is 19.6. The van der Waals surface area contributed by atoms with Crippen molar-refractivity contribution in [2.24, 2.45) is 0 Å². The Labute approximate surface area is 171 Å². The summed E-state index contributed by atoms with van der Waals surface area (Å²) in [5.74, 6) is 0.111. The van der Waals surface area contributed by atoms with Gasteiger partial charge in [-0.25, -0.2) is 9.37 Å². The maximum absolute atomic E-state index is 12.9. The molecule has 0 bridgehead atoms. The van der Waals surface area contributed by atoms with Crippen LogP contribution in [0, 0.1) is 5.82 Å². The molecule has 28 heavy (non-hydrogen) atoms. The number of carbonyl (C=O) groups is 1. The SMILES string of the molecule is CSc1cccc2sc(N3CCN(C(=O)COc4ccc(F)cc4)CC3)nc12. The highest BCUT2D eigenvalue weighted by Gasteiger charge is 2.23. The van der Waals surface area contributed by atoms with E-state index in [4.69, 9.17) is 9.72 Å². The Bertz CT molecular complexity index is 969. The van der Waals surface area contributed by atoms with Crippen molar-refractivity contribution in [1.82, 2.24) is 9.88 Å². The molecule has 1 fully saturated rings. The van der Waals surface area contributed by atoms with Crippen LogP contribution in [0.5, 0.6) is 5.75 Å². The van der Waals surface area contributed by atoms with Gasteiger partial charge in [0.05, 0.1) is 10.2 Å². The van der Waals surface area contributed by atoms with Gasteiger partial charge in [0, 0.05) is 31.1 Å². The van der Waals surface area contributed by atoms with E-state index in [2.05, 4.69) is 29.4 Å². The van der Waals surface area contributed by atoms with E-state index in [9.17, 15) is 9.18 Å². The molecule has 1 aliphatic heterocycles. The van der Waals surface area contributed by atoms with Crippen molar-refractivity contribution in [2.45, 2.75) is 4.90 Å². The summed E-state index contributed by atoms with van der Waals surface area (Å²) in [6, 6.07) is 11.9. The second-order valence-electron chi connectivity index (χ2n) is 6.41. The molecule has 0 atom stereocenters. The van der Waals surface area contributed by atoms with Gasteiger partial charge in [-0.05, 0) is 42.7 Å². The Morgan fingerprint density at radius 1 is 1.18 bits per heavy atom. The second kappa shape index (κ2) is 8.36. The van der Waals surface area contributed by atoms with Gasteiger partial charge in [-0.15, -0.1) is 11.8 Å².